The summed E-state index contributed by atoms with van der Waals surface area (Å²) in [4.78, 5) is 22.9. The lowest BCUT2D eigenvalue weighted by atomic mass is 10.0. The predicted molar refractivity (Wildman–Crippen MR) is 98.0 cm³/mol. The van der Waals surface area contributed by atoms with Gasteiger partial charge < -0.3 is 4.90 Å². The van der Waals surface area contributed by atoms with E-state index in [1.807, 2.05) is 18.2 Å². The summed E-state index contributed by atoms with van der Waals surface area (Å²) in [6.45, 7) is 1.48. The summed E-state index contributed by atoms with van der Waals surface area (Å²) in [7, 11) is -3.33. The molecule has 0 spiro atoms. The zero-order valence-electron chi connectivity index (χ0n) is 14.7. The Balaban J connectivity index is 1.82. The molecule has 8 heteroatoms. The average molecular weight is 374 g/mol. The quantitative estimate of drug-likeness (QED) is 0.799. The van der Waals surface area contributed by atoms with Crippen LogP contribution in [0.15, 0.2) is 48.8 Å². The van der Waals surface area contributed by atoms with Crippen LogP contribution in [0, 0.1) is 5.92 Å². The maximum atomic E-state index is 12.8. The molecule has 1 saturated heterocycles. The van der Waals surface area contributed by atoms with E-state index in [1.165, 1.54) is 10.6 Å². The molecule has 2 aromatic heterocycles. The smallest absolute Gasteiger partial charge is 0.272 e. The van der Waals surface area contributed by atoms with E-state index in [-0.39, 0.29) is 18.4 Å². The van der Waals surface area contributed by atoms with Gasteiger partial charge in [-0.2, -0.15) is 0 Å². The summed E-state index contributed by atoms with van der Waals surface area (Å²) >= 11 is 0. The molecule has 0 saturated carbocycles. The minimum atomic E-state index is -3.33. The van der Waals surface area contributed by atoms with Crippen molar-refractivity contribution in [3.63, 3.8) is 0 Å². The molecule has 138 valence electrons. The Bertz CT molecular complexity index is 843. The first-order valence-corrected chi connectivity index (χ1v) is 10.3. The summed E-state index contributed by atoms with van der Waals surface area (Å²) in [5.74, 6) is -0.207. The highest BCUT2D eigenvalue weighted by atomic mass is 32.2. The zero-order valence-corrected chi connectivity index (χ0v) is 15.5. The lowest BCUT2D eigenvalue weighted by Crippen LogP contribution is -2.37. The number of carbonyl (C=O) groups is 1. The van der Waals surface area contributed by atoms with Gasteiger partial charge in [-0.05, 0) is 36.6 Å². The molecule has 7 nitrogen and oxygen atoms in total. The van der Waals surface area contributed by atoms with Crippen molar-refractivity contribution in [2.45, 2.75) is 6.42 Å². The third kappa shape index (κ3) is 4.64. The van der Waals surface area contributed by atoms with Crippen LogP contribution in [0.4, 0.5) is 0 Å². The van der Waals surface area contributed by atoms with Gasteiger partial charge in [0.05, 0.1) is 6.26 Å². The van der Waals surface area contributed by atoms with Gasteiger partial charge in [0, 0.05) is 44.3 Å². The number of hydrogen-bond acceptors (Lipinski definition) is 5. The average Bonchev–Trinajstić information content (AvgIpc) is 2.85. The standard InChI is InChI=1S/C18H22N4O3S/c1-26(24,25)22-11-10-21(18(23)17-7-3-5-9-20-17)13-15(14-22)12-16-6-2-4-8-19-16/h2-9,15H,10-14H2,1H3. The Labute approximate surface area is 153 Å². The largest absolute Gasteiger partial charge is 0.336 e. The minimum absolute atomic E-state index is 0.0326. The molecule has 26 heavy (non-hydrogen) atoms. The number of nitrogens with zero attached hydrogens (tertiary/aromatic N) is 4. The van der Waals surface area contributed by atoms with Crippen LogP contribution < -0.4 is 0 Å². The predicted octanol–water partition coefficient (Wildman–Crippen LogP) is 1.05. The first-order chi connectivity index (χ1) is 12.4. The van der Waals surface area contributed by atoms with Crippen LogP contribution in [0.2, 0.25) is 0 Å². The van der Waals surface area contributed by atoms with Gasteiger partial charge >= 0.3 is 0 Å². The molecule has 1 fully saturated rings. The van der Waals surface area contributed by atoms with Gasteiger partial charge in [0.2, 0.25) is 10.0 Å². The summed E-state index contributed by atoms with van der Waals surface area (Å²) in [5.41, 5.74) is 1.26. The molecule has 1 atom stereocenters. The molecular formula is C18H22N4O3S. The van der Waals surface area contributed by atoms with E-state index in [1.54, 1.807) is 35.5 Å². The molecule has 1 aliphatic heterocycles. The Hall–Kier alpha value is -2.32. The van der Waals surface area contributed by atoms with E-state index in [4.69, 9.17) is 0 Å². The van der Waals surface area contributed by atoms with Crippen molar-refractivity contribution in [3.05, 3.63) is 60.2 Å². The minimum Gasteiger partial charge on any atom is -0.336 e. The Kier molecular flexibility index (Phi) is 5.63. The highest BCUT2D eigenvalue weighted by molar-refractivity contribution is 7.88. The second-order valence-corrected chi connectivity index (χ2v) is 8.46. The number of pyridine rings is 2. The van der Waals surface area contributed by atoms with Crippen LogP contribution in [0.25, 0.3) is 0 Å². The van der Waals surface area contributed by atoms with E-state index >= 15 is 0 Å². The van der Waals surface area contributed by atoms with Crippen LogP contribution in [-0.4, -0.2) is 65.9 Å². The first kappa shape index (κ1) is 18.5. The van der Waals surface area contributed by atoms with Crippen molar-refractivity contribution in [3.8, 4) is 0 Å². The highest BCUT2D eigenvalue weighted by Crippen LogP contribution is 2.18. The molecule has 3 heterocycles. The van der Waals surface area contributed by atoms with Crippen LogP contribution in [0.3, 0.4) is 0 Å². The molecule has 1 unspecified atom stereocenters. The Morgan fingerprint density at radius 3 is 2.42 bits per heavy atom. The van der Waals surface area contributed by atoms with Crippen molar-refractivity contribution >= 4 is 15.9 Å². The highest BCUT2D eigenvalue weighted by Gasteiger charge is 2.30. The van der Waals surface area contributed by atoms with Crippen LogP contribution in [0.5, 0.6) is 0 Å². The maximum Gasteiger partial charge on any atom is 0.272 e. The molecule has 3 rings (SSSR count). The molecule has 2 aromatic rings. The van der Waals surface area contributed by atoms with Crippen molar-refractivity contribution < 1.29 is 13.2 Å². The van der Waals surface area contributed by atoms with Gasteiger partial charge in [-0.1, -0.05) is 12.1 Å². The molecular weight excluding hydrogens is 352 g/mol. The van der Waals surface area contributed by atoms with Crippen molar-refractivity contribution in [2.24, 2.45) is 5.92 Å². The summed E-state index contributed by atoms with van der Waals surface area (Å²) in [5, 5.41) is 0. The molecule has 1 aliphatic rings. The number of sulfonamides is 1. The normalized spacial score (nSPS) is 19.1. The zero-order chi connectivity index (χ0) is 18.6. The van der Waals surface area contributed by atoms with E-state index in [0.29, 0.717) is 31.7 Å². The molecule has 0 radical (unpaired) electrons. The van der Waals surface area contributed by atoms with Gasteiger partial charge in [0.25, 0.3) is 5.91 Å². The number of amides is 1. The third-order valence-corrected chi connectivity index (χ3v) is 5.69. The van der Waals surface area contributed by atoms with Gasteiger partial charge in [0.1, 0.15) is 5.69 Å². The number of carbonyl (C=O) groups excluding carboxylic acids is 1. The lowest BCUT2D eigenvalue weighted by molar-refractivity contribution is 0.0740. The maximum absolute atomic E-state index is 12.8. The van der Waals surface area contributed by atoms with Crippen molar-refractivity contribution in [1.29, 1.82) is 0 Å². The molecule has 0 bridgehead atoms. The number of hydrogen-bond donors (Lipinski definition) is 0. The first-order valence-electron chi connectivity index (χ1n) is 8.49. The number of aromatic nitrogens is 2. The van der Waals surface area contributed by atoms with Gasteiger partial charge in [0.15, 0.2) is 0 Å². The second kappa shape index (κ2) is 7.92. The lowest BCUT2D eigenvalue weighted by Gasteiger charge is -2.23. The van der Waals surface area contributed by atoms with Gasteiger partial charge in [-0.25, -0.2) is 12.7 Å². The van der Waals surface area contributed by atoms with Crippen LogP contribution >= 0.6 is 0 Å². The Morgan fingerprint density at radius 1 is 1.08 bits per heavy atom. The molecule has 0 N–H and O–H groups in total. The molecule has 0 aliphatic carbocycles. The summed E-state index contributed by atoms with van der Waals surface area (Å²) in [6, 6.07) is 10.9. The fourth-order valence-electron chi connectivity index (χ4n) is 3.15. The van der Waals surface area contributed by atoms with E-state index < -0.39 is 10.0 Å². The van der Waals surface area contributed by atoms with Crippen molar-refractivity contribution in [2.75, 3.05) is 32.4 Å². The van der Waals surface area contributed by atoms with E-state index in [2.05, 4.69) is 9.97 Å². The van der Waals surface area contributed by atoms with E-state index in [9.17, 15) is 13.2 Å². The van der Waals surface area contributed by atoms with Crippen LogP contribution in [-0.2, 0) is 16.4 Å². The summed E-state index contributed by atoms with van der Waals surface area (Å²) in [6.07, 6.45) is 5.12. The van der Waals surface area contributed by atoms with Crippen LogP contribution in [0.1, 0.15) is 16.2 Å². The van der Waals surface area contributed by atoms with Crippen molar-refractivity contribution in [1.82, 2.24) is 19.2 Å². The fraction of sp³-hybridized carbons (Fsp3) is 0.389. The molecule has 0 aromatic carbocycles. The number of rotatable bonds is 4. The fourth-order valence-corrected chi connectivity index (χ4v) is 4.05. The monoisotopic (exact) mass is 374 g/mol. The summed E-state index contributed by atoms with van der Waals surface area (Å²) < 4.78 is 25.6. The topological polar surface area (TPSA) is 83.5 Å². The second-order valence-electron chi connectivity index (χ2n) is 6.48. The van der Waals surface area contributed by atoms with E-state index in [0.717, 1.165) is 5.69 Å². The third-order valence-electron chi connectivity index (χ3n) is 4.42. The van der Waals surface area contributed by atoms with Gasteiger partial charge in [-0.3, -0.25) is 14.8 Å². The SMILES string of the molecule is CS(=O)(=O)N1CCN(C(=O)c2ccccn2)CC(Cc2ccccn2)C1. The van der Waals surface area contributed by atoms with Gasteiger partial charge in [-0.15, -0.1) is 0 Å². The molecule has 1 amide bonds. The Morgan fingerprint density at radius 2 is 1.81 bits per heavy atom.